The topological polar surface area (TPSA) is 75.6 Å². The number of esters is 1. The number of benzene rings is 2. The maximum atomic E-state index is 12.5. The smallest absolute Gasteiger partial charge is 0.330 e. The Labute approximate surface area is 142 Å². The molecule has 1 atom stereocenters. The number of ether oxygens (including phenoxy) is 1. The Hall–Kier alpha value is -2.18. The molecule has 0 unspecified atom stereocenters. The van der Waals surface area contributed by atoms with E-state index < -0.39 is 24.5 Å². The molecular weight excluding hydrogens is 362 g/mol. The highest BCUT2D eigenvalue weighted by atomic mass is 79.9. The monoisotopic (exact) mass is 377 g/mol. The lowest BCUT2D eigenvalue weighted by molar-refractivity contribution is -0.143. The second kappa shape index (κ2) is 7.89. The summed E-state index contributed by atoms with van der Waals surface area (Å²) in [6.07, 6.45) is 0. The number of hydrogen-bond acceptors (Lipinski definition) is 4. The van der Waals surface area contributed by atoms with Crippen LogP contribution in [0.5, 0.6) is 0 Å². The van der Waals surface area contributed by atoms with Crippen LogP contribution in [0.2, 0.25) is 0 Å². The molecule has 0 saturated heterocycles. The van der Waals surface area contributed by atoms with E-state index in [1.165, 1.54) is 7.11 Å². The molecule has 23 heavy (non-hydrogen) atoms. The molecule has 2 rings (SSSR count). The Kier molecular flexibility index (Phi) is 5.90. The maximum absolute atomic E-state index is 12.5. The quantitative estimate of drug-likeness (QED) is 0.784. The normalized spacial score (nSPS) is 11.6. The van der Waals surface area contributed by atoms with Gasteiger partial charge in [-0.05, 0) is 29.3 Å². The number of rotatable bonds is 5. The molecule has 0 fully saturated rings. The molecule has 1 amide bonds. The molecule has 2 aromatic rings. The van der Waals surface area contributed by atoms with Crippen LogP contribution in [0.3, 0.4) is 0 Å². The van der Waals surface area contributed by atoms with Crippen molar-refractivity contribution in [2.75, 3.05) is 13.7 Å². The number of amides is 1. The molecule has 0 aliphatic rings. The van der Waals surface area contributed by atoms with Crippen molar-refractivity contribution < 1.29 is 19.4 Å². The van der Waals surface area contributed by atoms with Gasteiger partial charge in [-0.15, -0.1) is 0 Å². The second-order valence-corrected chi connectivity index (χ2v) is 5.70. The number of hydrogen-bond donors (Lipinski definition) is 2. The SMILES string of the molecule is COC(=O)[C@H](CO)NC(=O)c1ccc(Br)cc1-c1ccccc1. The van der Waals surface area contributed by atoms with Crippen LogP contribution in [0.15, 0.2) is 53.0 Å². The van der Waals surface area contributed by atoms with Crippen LogP contribution >= 0.6 is 15.9 Å². The molecule has 0 heterocycles. The molecule has 5 nitrogen and oxygen atoms in total. The van der Waals surface area contributed by atoms with Crippen LogP contribution < -0.4 is 5.32 Å². The van der Waals surface area contributed by atoms with Gasteiger partial charge in [0.25, 0.3) is 5.91 Å². The molecule has 2 aromatic carbocycles. The zero-order valence-electron chi connectivity index (χ0n) is 12.5. The van der Waals surface area contributed by atoms with Crippen LogP contribution in [0.1, 0.15) is 10.4 Å². The van der Waals surface area contributed by atoms with Crippen LogP contribution in [0.25, 0.3) is 11.1 Å². The Morgan fingerprint density at radius 1 is 1.22 bits per heavy atom. The minimum atomic E-state index is -1.10. The summed E-state index contributed by atoms with van der Waals surface area (Å²) >= 11 is 3.40. The van der Waals surface area contributed by atoms with E-state index in [0.717, 1.165) is 15.6 Å². The van der Waals surface area contributed by atoms with Gasteiger partial charge in [-0.3, -0.25) is 4.79 Å². The number of nitrogens with one attached hydrogen (secondary N) is 1. The predicted octanol–water partition coefficient (Wildman–Crippen LogP) is 2.38. The molecule has 0 aliphatic heterocycles. The molecule has 0 saturated carbocycles. The lowest BCUT2D eigenvalue weighted by Gasteiger charge is -2.16. The molecule has 0 radical (unpaired) electrons. The zero-order valence-corrected chi connectivity index (χ0v) is 14.0. The Balaban J connectivity index is 2.36. The molecule has 0 aromatic heterocycles. The minimum absolute atomic E-state index is 0.404. The number of carbonyl (C=O) groups is 2. The molecule has 2 N–H and O–H groups in total. The summed E-state index contributed by atoms with van der Waals surface area (Å²) < 4.78 is 5.39. The van der Waals surface area contributed by atoms with Gasteiger partial charge < -0.3 is 15.2 Å². The number of carbonyl (C=O) groups excluding carboxylic acids is 2. The third-order valence-corrected chi connectivity index (χ3v) is 3.78. The van der Waals surface area contributed by atoms with E-state index in [1.807, 2.05) is 36.4 Å². The van der Waals surface area contributed by atoms with Crippen molar-refractivity contribution in [3.63, 3.8) is 0 Å². The highest BCUT2D eigenvalue weighted by Gasteiger charge is 2.22. The summed E-state index contributed by atoms with van der Waals surface area (Å²) in [5.41, 5.74) is 2.00. The number of methoxy groups -OCH3 is 1. The van der Waals surface area contributed by atoms with Crippen LogP contribution in [-0.2, 0) is 9.53 Å². The van der Waals surface area contributed by atoms with E-state index >= 15 is 0 Å². The number of aliphatic hydroxyl groups is 1. The standard InChI is InChI=1S/C17H16BrNO4/c1-23-17(22)15(10-20)19-16(21)13-8-7-12(18)9-14(13)11-5-3-2-4-6-11/h2-9,15,20H,10H2,1H3,(H,19,21)/t15-/m0/s1. The van der Waals surface area contributed by atoms with E-state index in [4.69, 9.17) is 0 Å². The summed E-state index contributed by atoms with van der Waals surface area (Å²) in [6, 6.07) is 13.6. The average molecular weight is 378 g/mol. The third-order valence-electron chi connectivity index (χ3n) is 3.28. The van der Waals surface area contributed by atoms with Gasteiger partial charge in [0.1, 0.15) is 0 Å². The van der Waals surface area contributed by atoms with Gasteiger partial charge in [-0.1, -0.05) is 46.3 Å². The Bertz CT molecular complexity index is 703. The highest BCUT2D eigenvalue weighted by Crippen LogP contribution is 2.27. The number of halogens is 1. The summed E-state index contributed by atoms with van der Waals surface area (Å²) in [6.45, 7) is -0.532. The first-order valence-electron chi connectivity index (χ1n) is 6.91. The second-order valence-electron chi connectivity index (χ2n) is 4.79. The van der Waals surface area contributed by atoms with E-state index in [0.29, 0.717) is 5.56 Å². The van der Waals surface area contributed by atoms with Crippen molar-refractivity contribution in [1.82, 2.24) is 5.32 Å². The maximum Gasteiger partial charge on any atom is 0.330 e. The van der Waals surface area contributed by atoms with Gasteiger partial charge in [-0.25, -0.2) is 4.79 Å². The highest BCUT2D eigenvalue weighted by molar-refractivity contribution is 9.10. The van der Waals surface area contributed by atoms with Crippen molar-refractivity contribution in [1.29, 1.82) is 0 Å². The molecule has 0 aliphatic carbocycles. The zero-order chi connectivity index (χ0) is 16.8. The number of aliphatic hydroxyl groups excluding tert-OH is 1. The van der Waals surface area contributed by atoms with Crippen LogP contribution in [0, 0.1) is 0 Å². The van der Waals surface area contributed by atoms with Gasteiger partial charge in [0, 0.05) is 10.0 Å². The van der Waals surface area contributed by atoms with E-state index in [-0.39, 0.29) is 0 Å². The Morgan fingerprint density at radius 2 is 1.91 bits per heavy atom. The van der Waals surface area contributed by atoms with E-state index in [2.05, 4.69) is 26.0 Å². The van der Waals surface area contributed by atoms with Gasteiger partial charge in [0.2, 0.25) is 0 Å². The fourth-order valence-corrected chi connectivity index (χ4v) is 2.49. The average Bonchev–Trinajstić information content (AvgIpc) is 2.59. The lowest BCUT2D eigenvalue weighted by Crippen LogP contribution is -2.44. The van der Waals surface area contributed by atoms with Gasteiger partial charge in [-0.2, -0.15) is 0 Å². The first-order valence-corrected chi connectivity index (χ1v) is 7.70. The lowest BCUT2D eigenvalue weighted by atomic mass is 9.99. The summed E-state index contributed by atoms with van der Waals surface area (Å²) in [5.74, 6) is -1.15. The van der Waals surface area contributed by atoms with Crippen molar-refractivity contribution in [2.24, 2.45) is 0 Å². The van der Waals surface area contributed by atoms with Gasteiger partial charge in [0.05, 0.1) is 13.7 Å². The van der Waals surface area contributed by atoms with Gasteiger partial charge in [0.15, 0.2) is 6.04 Å². The predicted molar refractivity (Wildman–Crippen MR) is 89.9 cm³/mol. The fraction of sp³-hybridized carbons (Fsp3) is 0.176. The van der Waals surface area contributed by atoms with Gasteiger partial charge >= 0.3 is 5.97 Å². The largest absolute Gasteiger partial charge is 0.467 e. The molecule has 0 spiro atoms. The third kappa shape index (κ3) is 4.18. The van der Waals surface area contributed by atoms with E-state index in [9.17, 15) is 14.7 Å². The molecule has 120 valence electrons. The molecule has 0 bridgehead atoms. The molecule has 6 heteroatoms. The first-order chi connectivity index (χ1) is 11.1. The first kappa shape index (κ1) is 17.2. The summed E-state index contributed by atoms with van der Waals surface area (Å²) in [7, 11) is 1.20. The summed E-state index contributed by atoms with van der Waals surface area (Å²) in [5, 5.41) is 11.7. The van der Waals surface area contributed by atoms with Crippen molar-refractivity contribution >= 4 is 27.8 Å². The van der Waals surface area contributed by atoms with Crippen molar-refractivity contribution in [3.05, 3.63) is 58.6 Å². The van der Waals surface area contributed by atoms with Crippen molar-refractivity contribution in [2.45, 2.75) is 6.04 Å². The van der Waals surface area contributed by atoms with E-state index in [1.54, 1.807) is 12.1 Å². The minimum Gasteiger partial charge on any atom is -0.467 e. The molecular formula is C17H16BrNO4. The fourth-order valence-electron chi connectivity index (χ4n) is 2.13. The summed E-state index contributed by atoms with van der Waals surface area (Å²) in [4.78, 5) is 24.0. The van der Waals surface area contributed by atoms with Crippen LogP contribution in [-0.4, -0.2) is 36.7 Å². The van der Waals surface area contributed by atoms with Crippen molar-refractivity contribution in [3.8, 4) is 11.1 Å². The van der Waals surface area contributed by atoms with Crippen LogP contribution in [0.4, 0.5) is 0 Å². The Morgan fingerprint density at radius 3 is 2.52 bits per heavy atom.